The first-order chi connectivity index (χ1) is 9.20. The molecular weight excluding hydrogens is 264 g/mol. The lowest BCUT2D eigenvalue weighted by Gasteiger charge is -2.02. The van der Waals surface area contributed by atoms with Gasteiger partial charge in [-0.15, -0.1) is 11.8 Å². The van der Waals surface area contributed by atoms with Gasteiger partial charge in [0.15, 0.2) is 5.82 Å². The third-order valence-electron chi connectivity index (χ3n) is 2.45. The van der Waals surface area contributed by atoms with Crippen LogP contribution in [0.1, 0.15) is 35.4 Å². The second kappa shape index (κ2) is 6.38. The van der Waals surface area contributed by atoms with Gasteiger partial charge in [0.05, 0.1) is 11.3 Å². The zero-order valence-electron chi connectivity index (χ0n) is 10.5. The summed E-state index contributed by atoms with van der Waals surface area (Å²) in [5, 5.41) is 12.9. The monoisotopic (exact) mass is 278 g/mol. The number of carboxylic acids is 1. The molecule has 1 aromatic heterocycles. The number of thioether (sulfide) groups is 1. The van der Waals surface area contributed by atoms with Crippen LogP contribution < -0.4 is 0 Å². The Kier molecular flexibility index (Phi) is 4.57. The summed E-state index contributed by atoms with van der Waals surface area (Å²) in [6.45, 7) is 2.04. The van der Waals surface area contributed by atoms with E-state index in [1.807, 2.05) is 13.0 Å². The molecule has 0 fully saturated rings. The normalized spacial score (nSPS) is 10.6. The van der Waals surface area contributed by atoms with Gasteiger partial charge in [-0.1, -0.05) is 24.2 Å². The van der Waals surface area contributed by atoms with Crippen LogP contribution in [-0.4, -0.2) is 21.2 Å². The Hall–Kier alpha value is -1.82. The SMILES string of the molecule is CCCc1nc(CSc2ccccc2C(=O)O)no1. The number of aryl methyl sites for hydroxylation is 1. The molecule has 0 spiro atoms. The molecule has 1 aromatic carbocycles. The smallest absolute Gasteiger partial charge is 0.336 e. The molecule has 0 bridgehead atoms. The Bertz CT molecular complexity index is 569. The van der Waals surface area contributed by atoms with Gasteiger partial charge in [0, 0.05) is 11.3 Å². The van der Waals surface area contributed by atoms with Crippen LogP contribution in [0.4, 0.5) is 0 Å². The summed E-state index contributed by atoms with van der Waals surface area (Å²) in [5.74, 6) is 0.790. The Labute approximate surface area is 115 Å². The summed E-state index contributed by atoms with van der Waals surface area (Å²) in [4.78, 5) is 16.0. The average molecular weight is 278 g/mol. The number of rotatable bonds is 6. The van der Waals surface area contributed by atoms with E-state index < -0.39 is 5.97 Å². The zero-order chi connectivity index (χ0) is 13.7. The predicted octanol–water partition coefficient (Wildman–Crippen LogP) is 3.01. The summed E-state index contributed by atoms with van der Waals surface area (Å²) >= 11 is 1.39. The van der Waals surface area contributed by atoms with Crippen molar-refractivity contribution in [2.24, 2.45) is 0 Å². The Morgan fingerprint density at radius 2 is 2.21 bits per heavy atom. The van der Waals surface area contributed by atoms with Gasteiger partial charge >= 0.3 is 5.97 Å². The molecule has 0 saturated carbocycles. The van der Waals surface area contributed by atoms with E-state index >= 15 is 0 Å². The molecule has 2 rings (SSSR count). The lowest BCUT2D eigenvalue weighted by Crippen LogP contribution is -1.98. The fraction of sp³-hybridized carbons (Fsp3) is 0.308. The van der Waals surface area contributed by atoms with Gasteiger partial charge in [0.2, 0.25) is 5.89 Å². The number of aromatic nitrogens is 2. The topological polar surface area (TPSA) is 76.2 Å². The minimum atomic E-state index is -0.928. The van der Waals surface area contributed by atoms with E-state index in [0.29, 0.717) is 27.9 Å². The highest BCUT2D eigenvalue weighted by atomic mass is 32.2. The van der Waals surface area contributed by atoms with Crippen molar-refractivity contribution in [2.45, 2.75) is 30.4 Å². The van der Waals surface area contributed by atoms with Crippen LogP contribution in [0.3, 0.4) is 0 Å². The standard InChI is InChI=1S/C13H14N2O3S/c1-2-5-12-14-11(15-18-12)8-19-10-7-4-3-6-9(10)13(16)17/h3-4,6-7H,2,5,8H2,1H3,(H,16,17). The molecule has 0 aliphatic heterocycles. The third kappa shape index (κ3) is 3.57. The molecule has 0 atom stereocenters. The first-order valence-electron chi connectivity index (χ1n) is 5.97. The lowest BCUT2D eigenvalue weighted by atomic mass is 10.2. The van der Waals surface area contributed by atoms with Crippen molar-refractivity contribution in [1.29, 1.82) is 0 Å². The second-order valence-corrected chi connectivity index (χ2v) is 4.96. The van der Waals surface area contributed by atoms with Crippen LogP contribution in [0.5, 0.6) is 0 Å². The van der Waals surface area contributed by atoms with Gasteiger partial charge in [0.25, 0.3) is 0 Å². The quantitative estimate of drug-likeness (QED) is 0.818. The van der Waals surface area contributed by atoms with Gasteiger partial charge in [0.1, 0.15) is 0 Å². The zero-order valence-corrected chi connectivity index (χ0v) is 11.3. The summed E-state index contributed by atoms with van der Waals surface area (Å²) in [5.41, 5.74) is 0.296. The van der Waals surface area contributed by atoms with Crippen molar-refractivity contribution < 1.29 is 14.4 Å². The van der Waals surface area contributed by atoms with E-state index in [1.54, 1.807) is 18.2 Å². The highest BCUT2D eigenvalue weighted by Gasteiger charge is 2.11. The minimum absolute atomic E-state index is 0.296. The summed E-state index contributed by atoms with van der Waals surface area (Å²) in [6.07, 6.45) is 1.72. The van der Waals surface area contributed by atoms with Crippen LogP contribution in [0.15, 0.2) is 33.7 Å². The van der Waals surface area contributed by atoms with Crippen LogP contribution in [0.2, 0.25) is 0 Å². The third-order valence-corrected chi connectivity index (χ3v) is 3.52. The van der Waals surface area contributed by atoms with Crippen molar-refractivity contribution in [3.05, 3.63) is 41.5 Å². The molecule has 0 unspecified atom stereocenters. The Balaban J connectivity index is 2.03. The largest absolute Gasteiger partial charge is 0.478 e. The van der Waals surface area contributed by atoms with E-state index in [9.17, 15) is 4.79 Å². The first-order valence-corrected chi connectivity index (χ1v) is 6.96. The summed E-state index contributed by atoms with van der Waals surface area (Å²) in [6, 6.07) is 6.89. The molecule has 0 amide bonds. The molecule has 0 aliphatic carbocycles. The fourth-order valence-electron chi connectivity index (χ4n) is 1.58. The number of hydrogen-bond acceptors (Lipinski definition) is 5. The lowest BCUT2D eigenvalue weighted by molar-refractivity contribution is 0.0693. The highest BCUT2D eigenvalue weighted by molar-refractivity contribution is 7.98. The molecule has 2 aromatic rings. The maximum atomic E-state index is 11.1. The Morgan fingerprint density at radius 3 is 2.95 bits per heavy atom. The van der Waals surface area contributed by atoms with Gasteiger partial charge < -0.3 is 9.63 Å². The van der Waals surface area contributed by atoms with E-state index in [0.717, 1.165) is 12.8 Å². The van der Waals surface area contributed by atoms with Crippen molar-refractivity contribution in [3.63, 3.8) is 0 Å². The van der Waals surface area contributed by atoms with Crippen molar-refractivity contribution >= 4 is 17.7 Å². The van der Waals surface area contributed by atoms with E-state index in [2.05, 4.69) is 10.1 Å². The molecule has 19 heavy (non-hydrogen) atoms. The number of aromatic carboxylic acids is 1. The van der Waals surface area contributed by atoms with Crippen molar-refractivity contribution in [2.75, 3.05) is 0 Å². The maximum absolute atomic E-state index is 11.1. The van der Waals surface area contributed by atoms with E-state index in [-0.39, 0.29) is 0 Å². The number of carbonyl (C=O) groups is 1. The van der Waals surface area contributed by atoms with Gasteiger partial charge in [-0.05, 0) is 18.6 Å². The molecule has 0 saturated heterocycles. The number of benzene rings is 1. The van der Waals surface area contributed by atoms with Crippen LogP contribution >= 0.6 is 11.8 Å². The van der Waals surface area contributed by atoms with Gasteiger partial charge in [-0.2, -0.15) is 4.98 Å². The van der Waals surface area contributed by atoms with Crippen LogP contribution in [0.25, 0.3) is 0 Å². The maximum Gasteiger partial charge on any atom is 0.336 e. The fourth-order valence-corrected chi connectivity index (χ4v) is 2.46. The number of carboxylic acid groups (broad SMARTS) is 1. The van der Waals surface area contributed by atoms with Crippen molar-refractivity contribution in [1.82, 2.24) is 10.1 Å². The van der Waals surface area contributed by atoms with E-state index in [4.69, 9.17) is 9.63 Å². The van der Waals surface area contributed by atoms with E-state index in [1.165, 1.54) is 11.8 Å². The van der Waals surface area contributed by atoms with Crippen LogP contribution in [-0.2, 0) is 12.2 Å². The number of hydrogen-bond donors (Lipinski definition) is 1. The Morgan fingerprint density at radius 1 is 1.42 bits per heavy atom. The van der Waals surface area contributed by atoms with Crippen molar-refractivity contribution in [3.8, 4) is 0 Å². The molecule has 1 heterocycles. The molecule has 0 aliphatic rings. The van der Waals surface area contributed by atoms with Crippen LogP contribution in [0, 0.1) is 0 Å². The number of nitrogens with zero attached hydrogens (tertiary/aromatic N) is 2. The molecule has 100 valence electrons. The first kappa shape index (κ1) is 13.6. The summed E-state index contributed by atoms with van der Waals surface area (Å²) < 4.78 is 5.08. The molecule has 6 heteroatoms. The summed E-state index contributed by atoms with van der Waals surface area (Å²) in [7, 11) is 0. The highest BCUT2D eigenvalue weighted by Crippen LogP contribution is 2.25. The van der Waals surface area contributed by atoms with Gasteiger partial charge in [-0.3, -0.25) is 0 Å². The van der Waals surface area contributed by atoms with Gasteiger partial charge in [-0.25, -0.2) is 4.79 Å². The average Bonchev–Trinajstić information content (AvgIpc) is 2.85. The molecule has 0 radical (unpaired) electrons. The second-order valence-electron chi connectivity index (χ2n) is 3.94. The predicted molar refractivity (Wildman–Crippen MR) is 71.3 cm³/mol. The molecular formula is C13H14N2O3S. The molecule has 5 nitrogen and oxygen atoms in total. The molecule has 1 N–H and O–H groups in total. The minimum Gasteiger partial charge on any atom is -0.478 e.